The standard InChI is InChI=1S/C20H20F3N5O/c1-13-18-17(10-16(12-24-18)28-5-7-29-8-6-28)19(27-26-13)25-11-14-3-2-4-15(9-14)20(21,22)23/h2-4,9-10,12H,5-8,11H2,1H3,(H,25,27). The van der Waals surface area contributed by atoms with E-state index in [9.17, 15) is 13.2 Å². The summed E-state index contributed by atoms with van der Waals surface area (Å²) in [6.45, 7) is 4.89. The number of anilines is 2. The van der Waals surface area contributed by atoms with E-state index in [0.29, 0.717) is 35.8 Å². The molecule has 0 unspecified atom stereocenters. The Morgan fingerprint density at radius 3 is 2.69 bits per heavy atom. The number of aromatic nitrogens is 3. The van der Waals surface area contributed by atoms with Gasteiger partial charge in [0, 0.05) is 25.0 Å². The van der Waals surface area contributed by atoms with Crippen molar-refractivity contribution in [3.63, 3.8) is 0 Å². The summed E-state index contributed by atoms with van der Waals surface area (Å²) >= 11 is 0. The first-order chi connectivity index (χ1) is 13.9. The summed E-state index contributed by atoms with van der Waals surface area (Å²) in [5.41, 5.74) is 2.19. The maximum Gasteiger partial charge on any atom is 0.416 e. The van der Waals surface area contributed by atoms with Gasteiger partial charge >= 0.3 is 6.18 Å². The highest BCUT2D eigenvalue weighted by atomic mass is 19.4. The zero-order chi connectivity index (χ0) is 20.4. The molecule has 0 atom stereocenters. The summed E-state index contributed by atoms with van der Waals surface area (Å²) in [5.74, 6) is 0.491. The van der Waals surface area contributed by atoms with Gasteiger partial charge in [0.2, 0.25) is 0 Å². The number of aryl methyl sites for hydroxylation is 1. The Balaban J connectivity index is 1.62. The van der Waals surface area contributed by atoms with Crippen LogP contribution in [-0.2, 0) is 17.5 Å². The van der Waals surface area contributed by atoms with Gasteiger partial charge in [0.05, 0.1) is 41.9 Å². The van der Waals surface area contributed by atoms with E-state index in [0.717, 1.165) is 36.3 Å². The quantitative estimate of drug-likeness (QED) is 0.715. The molecule has 1 fully saturated rings. The lowest BCUT2D eigenvalue weighted by Gasteiger charge is -2.28. The van der Waals surface area contributed by atoms with Gasteiger partial charge in [-0.15, -0.1) is 5.10 Å². The Morgan fingerprint density at radius 2 is 1.93 bits per heavy atom. The second-order valence-corrected chi connectivity index (χ2v) is 6.87. The van der Waals surface area contributed by atoms with Crippen LogP contribution in [0.25, 0.3) is 10.9 Å². The molecule has 152 valence electrons. The number of benzene rings is 1. The minimum atomic E-state index is -4.37. The number of hydrogen-bond donors (Lipinski definition) is 1. The first-order valence-corrected chi connectivity index (χ1v) is 9.27. The second kappa shape index (κ2) is 7.82. The monoisotopic (exact) mass is 403 g/mol. The number of morpholine rings is 1. The van der Waals surface area contributed by atoms with E-state index >= 15 is 0 Å². The number of nitrogens with zero attached hydrogens (tertiary/aromatic N) is 4. The lowest BCUT2D eigenvalue weighted by Crippen LogP contribution is -2.36. The third-order valence-electron chi connectivity index (χ3n) is 4.86. The van der Waals surface area contributed by atoms with Gasteiger partial charge in [0.1, 0.15) is 0 Å². The highest BCUT2D eigenvalue weighted by Crippen LogP contribution is 2.30. The normalized spacial score (nSPS) is 15.0. The Morgan fingerprint density at radius 1 is 1.14 bits per heavy atom. The van der Waals surface area contributed by atoms with Crippen molar-refractivity contribution in [1.29, 1.82) is 0 Å². The maximum atomic E-state index is 12.9. The average Bonchev–Trinajstić information content (AvgIpc) is 2.73. The molecule has 0 bridgehead atoms. The number of halogens is 3. The fourth-order valence-electron chi connectivity index (χ4n) is 3.32. The fourth-order valence-corrected chi connectivity index (χ4v) is 3.32. The van der Waals surface area contributed by atoms with Crippen LogP contribution in [0.1, 0.15) is 16.8 Å². The molecule has 1 aliphatic heterocycles. The predicted molar refractivity (Wildman–Crippen MR) is 104 cm³/mol. The van der Waals surface area contributed by atoms with Crippen LogP contribution in [0.4, 0.5) is 24.7 Å². The third kappa shape index (κ3) is 4.24. The van der Waals surface area contributed by atoms with Crippen LogP contribution in [0.15, 0.2) is 36.5 Å². The molecule has 29 heavy (non-hydrogen) atoms. The fraction of sp³-hybridized carbons (Fsp3) is 0.350. The van der Waals surface area contributed by atoms with E-state index in [1.807, 2.05) is 13.0 Å². The average molecular weight is 403 g/mol. The molecular weight excluding hydrogens is 383 g/mol. The van der Waals surface area contributed by atoms with Crippen molar-refractivity contribution in [2.75, 3.05) is 36.5 Å². The van der Waals surface area contributed by atoms with E-state index < -0.39 is 11.7 Å². The third-order valence-corrected chi connectivity index (χ3v) is 4.86. The maximum absolute atomic E-state index is 12.9. The second-order valence-electron chi connectivity index (χ2n) is 6.87. The Kier molecular flexibility index (Phi) is 5.23. The molecule has 0 aliphatic carbocycles. The van der Waals surface area contributed by atoms with E-state index in [2.05, 4.69) is 25.4 Å². The summed E-state index contributed by atoms with van der Waals surface area (Å²) in [6.07, 6.45) is -2.57. The number of alkyl halides is 3. The number of rotatable bonds is 4. The summed E-state index contributed by atoms with van der Waals surface area (Å²) in [5, 5.41) is 12.2. The molecule has 1 aromatic carbocycles. The van der Waals surface area contributed by atoms with Crippen molar-refractivity contribution < 1.29 is 17.9 Å². The van der Waals surface area contributed by atoms with Crippen LogP contribution in [-0.4, -0.2) is 41.5 Å². The number of fused-ring (bicyclic) bond motifs is 1. The molecule has 0 radical (unpaired) electrons. The van der Waals surface area contributed by atoms with Crippen molar-refractivity contribution in [3.8, 4) is 0 Å². The van der Waals surface area contributed by atoms with Crippen LogP contribution in [0.2, 0.25) is 0 Å². The van der Waals surface area contributed by atoms with Crippen LogP contribution < -0.4 is 10.2 Å². The topological polar surface area (TPSA) is 63.2 Å². The van der Waals surface area contributed by atoms with Gasteiger partial charge in [-0.05, 0) is 30.7 Å². The van der Waals surface area contributed by atoms with Gasteiger partial charge in [-0.25, -0.2) is 0 Å². The van der Waals surface area contributed by atoms with Gasteiger partial charge in [-0.2, -0.15) is 18.3 Å². The Labute approximate surface area is 165 Å². The largest absolute Gasteiger partial charge is 0.416 e. The lowest BCUT2D eigenvalue weighted by molar-refractivity contribution is -0.137. The molecule has 1 aliphatic rings. The number of pyridine rings is 1. The van der Waals surface area contributed by atoms with Gasteiger partial charge in [-0.1, -0.05) is 12.1 Å². The Bertz CT molecular complexity index is 1020. The molecule has 1 N–H and O–H groups in total. The van der Waals surface area contributed by atoms with Crippen LogP contribution in [0.3, 0.4) is 0 Å². The smallest absolute Gasteiger partial charge is 0.378 e. The molecule has 1 saturated heterocycles. The molecule has 9 heteroatoms. The van der Waals surface area contributed by atoms with Gasteiger partial charge < -0.3 is 15.0 Å². The van der Waals surface area contributed by atoms with E-state index in [4.69, 9.17) is 4.74 Å². The lowest BCUT2D eigenvalue weighted by atomic mass is 10.1. The van der Waals surface area contributed by atoms with Gasteiger partial charge in [-0.3, -0.25) is 4.98 Å². The minimum absolute atomic E-state index is 0.193. The highest BCUT2D eigenvalue weighted by molar-refractivity contribution is 5.92. The molecule has 0 amide bonds. The number of ether oxygens (including phenoxy) is 1. The van der Waals surface area contributed by atoms with Gasteiger partial charge in [0.15, 0.2) is 5.82 Å². The molecular formula is C20H20F3N5O. The molecule has 0 spiro atoms. The predicted octanol–water partition coefficient (Wildman–Crippen LogP) is 3.80. The van der Waals surface area contributed by atoms with E-state index in [1.165, 1.54) is 6.07 Å². The van der Waals surface area contributed by atoms with E-state index in [-0.39, 0.29) is 6.54 Å². The molecule has 0 saturated carbocycles. The molecule has 4 rings (SSSR count). The SMILES string of the molecule is Cc1nnc(NCc2cccc(C(F)(F)F)c2)c2cc(N3CCOCC3)cnc12. The van der Waals surface area contributed by atoms with Crippen LogP contribution in [0, 0.1) is 6.92 Å². The van der Waals surface area contributed by atoms with Crippen molar-refractivity contribution in [2.24, 2.45) is 0 Å². The summed E-state index contributed by atoms with van der Waals surface area (Å²) < 4.78 is 44.2. The summed E-state index contributed by atoms with van der Waals surface area (Å²) in [6, 6.07) is 7.22. The Hall–Kier alpha value is -2.94. The summed E-state index contributed by atoms with van der Waals surface area (Å²) in [7, 11) is 0. The molecule has 3 aromatic rings. The van der Waals surface area contributed by atoms with Crippen LogP contribution in [0.5, 0.6) is 0 Å². The zero-order valence-corrected chi connectivity index (χ0v) is 15.8. The molecule has 3 heterocycles. The van der Waals surface area contributed by atoms with Gasteiger partial charge in [0.25, 0.3) is 0 Å². The first-order valence-electron chi connectivity index (χ1n) is 9.27. The highest BCUT2D eigenvalue weighted by Gasteiger charge is 2.30. The number of nitrogens with one attached hydrogen (secondary N) is 1. The zero-order valence-electron chi connectivity index (χ0n) is 15.8. The van der Waals surface area contributed by atoms with Crippen molar-refractivity contribution >= 4 is 22.4 Å². The van der Waals surface area contributed by atoms with Crippen molar-refractivity contribution in [3.05, 3.63) is 53.3 Å². The minimum Gasteiger partial charge on any atom is -0.378 e. The molecule has 2 aromatic heterocycles. The molecule has 6 nitrogen and oxygen atoms in total. The van der Waals surface area contributed by atoms with Crippen molar-refractivity contribution in [1.82, 2.24) is 15.2 Å². The van der Waals surface area contributed by atoms with E-state index in [1.54, 1.807) is 12.3 Å². The summed E-state index contributed by atoms with van der Waals surface area (Å²) in [4.78, 5) is 6.73. The van der Waals surface area contributed by atoms with Crippen molar-refractivity contribution in [2.45, 2.75) is 19.6 Å². The first kappa shape index (κ1) is 19.4. The number of hydrogen-bond acceptors (Lipinski definition) is 6. The van der Waals surface area contributed by atoms with Crippen LogP contribution >= 0.6 is 0 Å².